The maximum absolute atomic E-state index is 12.5. The number of ether oxygens (including phenoxy) is 4. The van der Waals surface area contributed by atoms with E-state index in [-0.39, 0.29) is 35.5 Å². The minimum absolute atomic E-state index is 0. The minimum atomic E-state index is -2.91. The highest BCUT2D eigenvalue weighted by Gasteiger charge is 2.15. The number of benzene rings is 1. The molecule has 0 amide bonds. The van der Waals surface area contributed by atoms with Crippen LogP contribution in [0.3, 0.4) is 0 Å². The molecule has 2 N–H and O–H groups in total. The Balaban J connectivity index is 0.00000420. The largest absolute Gasteiger partial charge is 0.493 e. The van der Waals surface area contributed by atoms with Crippen molar-refractivity contribution >= 4 is 29.9 Å². The van der Waals surface area contributed by atoms with Gasteiger partial charge in [0.1, 0.15) is 0 Å². The third kappa shape index (κ3) is 9.77. The van der Waals surface area contributed by atoms with E-state index in [1.165, 1.54) is 13.2 Å². The van der Waals surface area contributed by atoms with Crippen molar-refractivity contribution in [3.63, 3.8) is 0 Å². The van der Waals surface area contributed by atoms with E-state index >= 15 is 0 Å². The first-order valence-electron chi connectivity index (χ1n) is 9.34. The molecule has 1 heterocycles. The number of hydrogen-bond acceptors (Lipinski definition) is 5. The number of rotatable bonds is 11. The van der Waals surface area contributed by atoms with Gasteiger partial charge in [-0.1, -0.05) is 6.07 Å². The fourth-order valence-electron chi connectivity index (χ4n) is 2.77. The Morgan fingerprint density at radius 1 is 1.31 bits per heavy atom. The second kappa shape index (κ2) is 14.6. The number of guanidine groups is 1. The summed E-state index contributed by atoms with van der Waals surface area (Å²) in [7, 11) is 3.08. The van der Waals surface area contributed by atoms with Gasteiger partial charge in [-0.25, -0.2) is 0 Å². The van der Waals surface area contributed by atoms with Crippen molar-refractivity contribution in [1.82, 2.24) is 10.6 Å². The summed E-state index contributed by atoms with van der Waals surface area (Å²) in [5.41, 5.74) is 0.765. The Bertz CT molecular complexity index is 617. The Morgan fingerprint density at radius 3 is 2.79 bits per heavy atom. The summed E-state index contributed by atoms with van der Waals surface area (Å²) in [6.07, 6.45) is 1.92. The quantitative estimate of drug-likeness (QED) is 0.199. The average Bonchev–Trinajstić information content (AvgIpc) is 3.20. The van der Waals surface area contributed by atoms with E-state index in [9.17, 15) is 8.78 Å². The molecule has 1 atom stereocenters. The predicted octanol–water partition coefficient (Wildman–Crippen LogP) is 3.02. The molecule has 1 aliphatic rings. The van der Waals surface area contributed by atoms with E-state index in [1.54, 1.807) is 19.2 Å². The third-order valence-electron chi connectivity index (χ3n) is 4.26. The fraction of sp³-hybridized carbons (Fsp3) is 0.632. The molecule has 1 aliphatic heterocycles. The fourth-order valence-corrected chi connectivity index (χ4v) is 2.77. The van der Waals surface area contributed by atoms with Crippen molar-refractivity contribution in [1.29, 1.82) is 0 Å². The van der Waals surface area contributed by atoms with Crippen LogP contribution in [-0.2, 0) is 16.0 Å². The molecule has 10 heteroatoms. The Labute approximate surface area is 187 Å². The van der Waals surface area contributed by atoms with Crippen LogP contribution in [-0.4, -0.2) is 59.7 Å². The zero-order chi connectivity index (χ0) is 20.2. The summed E-state index contributed by atoms with van der Waals surface area (Å²) in [5.74, 6) is 1.41. The van der Waals surface area contributed by atoms with Gasteiger partial charge in [-0.05, 0) is 30.5 Å². The maximum atomic E-state index is 12.5. The number of aliphatic imine (C=N–C) groups is 1. The van der Waals surface area contributed by atoms with Crippen LogP contribution in [0.25, 0.3) is 0 Å². The molecule has 1 unspecified atom stereocenters. The van der Waals surface area contributed by atoms with Crippen LogP contribution >= 0.6 is 24.0 Å². The van der Waals surface area contributed by atoms with E-state index in [4.69, 9.17) is 14.2 Å². The highest BCUT2D eigenvalue weighted by Crippen LogP contribution is 2.29. The van der Waals surface area contributed by atoms with Gasteiger partial charge in [-0.15, -0.1) is 24.0 Å². The van der Waals surface area contributed by atoms with Crippen molar-refractivity contribution in [2.45, 2.75) is 26.0 Å². The summed E-state index contributed by atoms with van der Waals surface area (Å²) in [6, 6.07) is 4.89. The van der Waals surface area contributed by atoms with E-state index < -0.39 is 6.61 Å². The number of nitrogens with zero attached hydrogens (tertiary/aromatic N) is 1. The number of alkyl halides is 2. The molecule has 2 rings (SSSR count). The van der Waals surface area contributed by atoms with Gasteiger partial charge in [-0.2, -0.15) is 8.78 Å². The van der Waals surface area contributed by atoms with Crippen LogP contribution in [0.1, 0.15) is 18.4 Å². The van der Waals surface area contributed by atoms with Crippen LogP contribution in [0, 0.1) is 5.92 Å². The molecule has 7 nitrogen and oxygen atoms in total. The van der Waals surface area contributed by atoms with Gasteiger partial charge in [0.05, 0.1) is 20.3 Å². The SMILES string of the molecule is CN=C(NCCCOCC1CCOC1)NCc1ccc(OC)c(OC(F)F)c1.I. The molecule has 0 saturated carbocycles. The zero-order valence-electron chi connectivity index (χ0n) is 16.8. The van der Waals surface area contributed by atoms with Crippen LogP contribution < -0.4 is 20.1 Å². The maximum Gasteiger partial charge on any atom is 0.387 e. The lowest BCUT2D eigenvalue weighted by molar-refractivity contribution is -0.0512. The van der Waals surface area contributed by atoms with Crippen LogP contribution in [0.15, 0.2) is 23.2 Å². The summed E-state index contributed by atoms with van der Waals surface area (Å²) < 4.78 is 45.5. The molecule has 1 aromatic carbocycles. The van der Waals surface area contributed by atoms with Gasteiger partial charge in [0.2, 0.25) is 0 Å². The van der Waals surface area contributed by atoms with Gasteiger partial charge in [0.15, 0.2) is 17.5 Å². The van der Waals surface area contributed by atoms with Crippen molar-refractivity contribution in [2.75, 3.05) is 47.1 Å². The van der Waals surface area contributed by atoms with Crippen molar-refractivity contribution in [2.24, 2.45) is 10.9 Å². The first kappa shape index (κ1) is 25.6. The van der Waals surface area contributed by atoms with Crippen molar-refractivity contribution < 1.29 is 27.7 Å². The summed E-state index contributed by atoms with van der Waals surface area (Å²) >= 11 is 0. The smallest absolute Gasteiger partial charge is 0.387 e. The van der Waals surface area contributed by atoms with Crippen LogP contribution in [0.4, 0.5) is 8.78 Å². The van der Waals surface area contributed by atoms with Gasteiger partial charge in [-0.3, -0.25) is 4.99 Å². The molecule has 166 valence electrons. The minimum Gasteiger partial charge on any atom is -0.493 e. The number of methoxy groups -OCH3 is 1. The van der Waals surface area contributed by atoms with Gasteiger partial charge in [0, 0.05) is 39.3 Å². The van der Waals surface area contributed by atoms with E-state index in [1.807, 2.05) is 0 Å². The van der Waals surface area contributed by atoms with E-state index in [2.05, 4.69) is 20.4 Å². The van der Waals surface area contributed by atoms with E-state index in [0.29, 0.717) is 31.6 Å². The Hall–Kier alpha value is -1.40. The third-order valence-corrected chi connectivity index (χ3v) is 4.26. The highest BCUT2D eigenvalue weighted by molar-refractivity contribution is 14.0. The monoisotopic (exact) mass is 529 g/mol. The van der Waals surface area contributed by atoms with Crippen LogP contribution in [0.2, 0.25) is 0 Å². The topological polar surface area (TPSA) is 73.3 Å². The first-order chi connectivity index (χ1) is 13.6. The lowest BCUT2D eigenvalue weighted by atomic mass is 10.1. The standard InChI is InChI=1S/C19H29F2N3O4.HI/c1-22-19(23-7-3-8-26-12-15-6-9-27-13-15)24-11-14-4-5-16(25-2)17(10-14)28-18(20)21;/h4-5,10,15,18H,3,6-9,11-13H2,1-2H3,(H2,22,23,24);1H. The van der Waals surface area contributed by atoms with Crippen LogP contribution in [0.5, 0.6) is 11.5 Å². The zero-order valence-corrected chi connectivity index (χ0v) is 19.1. The highest BCUT2D eigenvalue weighted by atomic mass is 127. The average molecular weight is 529 g/mol. The van der Waals surface area contributed by atoms with Gasteiger partial charge >= 0.3 is 6.61 Å². The molecule has 0 radical (unpaired) electrons. The number of halogens is 3. The first-order valence-corrected chi connectivity index (χ1v) is 9.34. The van der Waals surface area contributed by atoms with E-state index in [0.717, 1.165) is 38.2 Å². The molecule has 1 saturated heterocycles. The Morgan fingerprint density at radius 2 is 2.14 bits per heavy atom. The molecule has 0 spiro atoms. The lowest BCUT2D eigenvalue weighted by Crippen LogP contribution is -2.37. The molecule has 0 bridgehead atoms. The summed E-state index contributed by atoms with van der Waals surface area (Å²) in [5, 5.41) is 6.33. The molecule has 0 aromatic heterocycles. The molecular formula is C19H30F2IN3O4. The molecule has 1 aromatic rings. The summed E-state index contributed by atoms with van der Waals surface area (Å²) in [4.78, 5) is 4.15. The van der Waals surface area contributed by atoms with Gasteiger partial charge in [0.25, 0.3) is 0 Å². The lowest BCUT2D eigenvalue weighted by Gasteiger charge is -2.14. The normalized spacial score (nSPS) is 16.4. The molecule has 0 aliphatic carbocycles. The number of nitrogens with one attached hydrogen (secondary N) is 2. The number of hydrogen-bond donors (Lipinski definition) is 2. The van der Waals surface area contributed by atoms with Crippen molar-refractivity contribution in [3.8, 4) is 11.5 Å². The predicted molar refractivity (Wildman–Crippen MR) is 118 cm³/mol. The molecular weight excluding hydrogens is 499 g/mol. The molecule has 29 heavy (non-hydrogen) atoms. The summed E-state index contributed by atoms with van der Waals surface area (Å²) in [6.45, 7) is 1.26. The molecule has 1 fully saturated rings. The Kier molecular flexibility index (Phi) is 12.9. The second-order valence-corrected chi connectivity index (χ2v) is 6.37. The second-order valence-electron chi connectivity index (χ2n) is 6.37. The van der Waals surface area contributed by atoms with Gasteiger partial charge < -0.3 is 29.6 Å². The van der Waals surface area contributed by atoms with Crippen molar-refractivity contribution in [3.05, 3.63) is 23.8 Å².